The number of hydrogen-bond acceptors (Lipinski definition) is 20. The Kier molecular flexibility index (Phi) is 27.3. The van der Waals surface area contributed by atoms with Gasteiger partial charge in [0, 0.05) is 101 Å². The molecule has 5 fully saturated rings. The minimum atomic E-state index is -0.835. The van der Waals surface area contributed by atoms with Crippen molar-refractivity contribution in [3.63, 3.8) is 0 Å². The van der Waals surface area contributed by atoms with Gasteiger partial charge in [0.2, 0.25) is 0 Å². The van der Waals surface area contributed by atoms with E-state index in [1.807, 2.05) is 119 Å². The smallest absolute Gasteiger partial charge is 0.325 e. The van der Waals surface area contributed by atoms with Crippen LogP contribution < -0.4 is 21.3 Å². The first-order valence-corrected chi connectivity index (χ1v) is 37.5. The third kappa shape index (κ3) is 19.9. The summed E-state index contributed by atoms with van der Waals surface area (Å²) in [5.74, 6) is -0.484. The van der Waals surface area contributed by atoms with E-state index in [1.54, 1.807) is 52.7 Å². The van der Waals surface area contributed by atoms with Gasteiger partial charge in [-0.1, -0.05) is 60.7 Å². The highest BCUT2D eigenvalue weighted by Gasteiger charge is 2.34. The molecule has 1 saturated heterocycles. The van der Waals surface area contributed by atoms with E-state index in [0.717, 1.165) is 165 Å². The lowest BCUT2D eigenvalue weighted by Crippen LogP contribution is -2.40. The standard InChI is InChI=1S/C42H48N4O7.C40H42N4O6.C4H8O/c1-6-53-41(50)38(23-47)44-21-29-20-43-36(18-32(29)26-13-14-26)39(48)17-28-9-7-10-30(24(28)2)31-11-8-12-35(25(31)3)46-40(49)37-19-33(27-15-16-27)34(22-45-37)42(51-4)52-5;1-4-50-40(49)37(22-46)43-19-28-18-41-35(16-32(28)25-11-12-25)38(47)15-27-7-5-8-30(23(27)2)31-9-6-10-34(24(31)3)44-39(48)36-17-33(26-13-14-26)29(21-45)20-42-36;1-2-4-5-3-1/h7-12,18-20,22,26-27,38,42,44,47H,6,13-17,21,23H2,1-5H3,(H,46,49);5-10,16-18,20-21,25-26,37,43,46H,4,11-15,19,22H2,1-3H3,(H,44,48);1-4H2/t38-;37-;/m11./s1. The van der Waals surface area contributed by atoms with Crippen molar-refractivity contribution in [2.75, 3.05) is 64.5 Å². The number of benzene rings is 4. The van der Waals surface area contributed by atoms with Crippen molar-refractivity contribution >= 4 is 53.0 Å². The van der Waals surface area contributed by atoms with E-state index in [2.05, 4.69) is 41.2 Å². The zero-order valence-corrected chi connectivity index (χ0v) is 62.9. The van der Waals surface area contributed by atoms with Gasteiger partial charge in [0.25, 0.3) is 11.8 Å². The zero-order valence-electron chi connectivity index (χ0n) is 62.9. The molecule has 4 aromatic heterocycles. The summed E-state index contributed by atoms with van der Waals surface area (Å²) in [7, 11) is 3.17. The number of carbonyl (C=O) groups excluding carboxylic acids is 7. The number of ether oxygens (including phenoxy) is 5. The normalized spacial score (nSPS) is 15.0. The second kappa shape index (κ2) is 37.3. The summed E-state index contributed by atoms with van der Waals surface area (Å²) in [4.78, 5) is 108. The lowest BCUT2D eigenvalue weighted by molar-refractivity contribution is -0.147. The van der Waals surface area contributed by atoms with Gasteiger partial charge >= 0.3 is 11.9 Å². The van der Waals surface area contributed by atoms with E-state index in [9.17, 15) is 43.8 Å². The van der Waals surface area contributed by atoms with Gasteiger partial charge in [-0.05, 0) is 255 Å². The highest BCUT2D eigenvalue weighted by molar-refractivity contribution is 6.05. The Bertz CT molecular complexity index is 4590. The van der Waals surface area contributed by atoms with Gasteiger partial charge in [0.1, 0.15) is 34.9 Å². The van der Waals surface area contributed by atoms with Crippen LogP contribution in [-0.4, -0.2) is 138 Å². The molecule has 1 aliphatic heterocycles. The van der Waals surface area contributed by atoms with Crippen molar-refractivity contribution in [1.29, 1.82) is 0 Å². The largest absolute Gasteiger partial charge is 0.465 e. The van der Waals surface area contributed by atoms with Crippen LogP contribution in [0, 0.1) is 27.7 Å². The van der Waals surface area contributed by atoms with Gasteiger partial charge in [0.05, 0.1) is 26.4 Å². The van der Waals surface area contributed by atoms with Crippen LogP contribution in [-0.2, 0) is 59.2 Å². The molecule has 0 unspecified atom stereocenters. The van der Waals surface area contributed by atoms with Gasteiger partial charge in [0.15, 0.2) is 24.1 Å². The summed E-state index contributed by atoms with van der Waals surface area (Å²) in [5, 5.41) is 31.6. The minimum absolute atomic E-state index is 0.0874. The maximum Gasteiger partial charge on any atom is 0.325 e. The molecule has 0 radical (unpaired) electrons. The molecule has 2 atom stereocenters. The van der Waals surface area contributed by atoms with Gasteiger partial charge in [-0.2, -0.15) is 0 Å². The maximum absolute atomic E-state index is 13.7. The van der Waals surface area contributed by atoms with Crippen LogP contribution in [0.3, 0.4) is 0 Å². The number of amides is 2. The summed E-state index contributed by atoms with van der Waals surface area (Å²) in [6.45, 7) is 13.7. The topological polar surface area (TPSA) is 306 Å². The molecule has 0 spiro atoms. The fourth-order valence-electron chi connectivity index (χ4n) is 13.8. The zero-order chi connectivity index (χ0) is 76.5. The summed E-state index contributed by atoms with van der Waals surface area (Å²) in [5.41, 5.74) is 19.2. The summed E-state index contributed by atoms with van der Waals surface area (Å²) in [6.07, 6.45) is 17.9. The molecule has 5 heterocycles. The molecule has 4 aliphatic carbocycles. The van der Waals surface area contributed by atoms with Crippen molar-refractivity contribution in [1.82, 2.24) is 30.6 Å². The van der Waals surface area contributed by atoms with Crippen LogP contribution in [0.5, 0.6) is 0 Å². The van der Waals surface area contributed by atoms with Crippen molar-refractivity contribution in [2.45, 2.75) is 174 Å². The minimum Gasteiger partial charge on any atom is -0.465 e. The maximum atomic E-state index is 13.7. The molecule has 566 valence electrons. The predicted molar refractivity (Wildman–Crippen MR) is 410 cm³/mol. The number of anilines is 2. The SMILES string of the molecule is C1CCOC1.CCOC(=O)[C@@H](CO)NCc1cnc(C(=O)Cc2cccc(-c3cccc(NC(=O)c4cc(C5CC5)c(C(OC)OC)cn4)c3C)c2C)cc1C1CC1.CCOC(=O)[C@@H](CO)NCc1cnc(C(=O)Cc2cccc(-c3cccc(NC(=O)c4cc(C5CC5)c(C=O)cn4)c3C)c2C)cc1C1CC1. The Labute approximate surface area is 631 Å². The summed E-state index contributed by atoms with van der Waals surface area (Å²) in [6, 6.07) is 29.1. The van der Waals surface area contributed by atoms with Crippen LogP contribution >= 0.6 is 0 Å². The number of carbonyl (C=O) groups is 7. The van der Waals surface area contributed by atoms with E-state index in [-0.39, 0.29) is 68.3 Å². The number of aldehydes is 1. The van der Waals surface area contributed by atoms with E-state index in [4.69, 9.17) is 23.7 Å². The number of aliphatic hydroxyl groups excluding tert-OH is 2. The van der Waals surface area contributed by atoms with Crippen LogP contribution in [0.15, 0.2) is 122 Å². The molecule has 2 amide bonds. The number of pyridine rings is 4. The van der Waals surface area contributed by atoms with E-state index >= 15 is 0 Å². The monoisotopic (exact) mass is 1470 g/mol. The molecule has 22 nitrogen and oxygen atoms in total. The van der Waals surface area contributed by atoms with E-state index < -0.39 is 30.3 Å². The number of aliphatic hydroxyl groups is 2. The Morgan fingerprint density at radius 2 is 0.870 bits per heavy atom. The van der Waals surface area contributed by atoms with Gasteiger partial charge in [-0.15, -0.1) is 0 Å². The number of ketones is 2. The van der Waals surface area contributed by atoms with Gasteiger partial charge in [-0.3, -0.25) is 64.1 Å². The first kappa shape index (κ1) is 79.1. The van der Waals surface area contributed by atoms with E-state index in [0.29, 0.717) is 70.8 Å². The molecular formula is C86H98N8O14. The first-order chi connectivity index (χ1) is 52.4. The predicted octanol–water partition coefficient (Wildman–Crippen LogP) is 13.3. The highest BCUT2D eigenvalue weighted by Crippen LogP contribution is 2.46. The fourth-order valence-corrected chi connectivity index (χ4v) is 13.8. The number of hydrogen-bond donors (Lipinski definition) is 6. The van der Waals surface area contributed by atoms with Gasteiger partial charge in [-0.25, -0.2) is 0 Å². The number of esters is 2. The van der Waals surface area contributed by atoms with Gasteiger partial charge < -0.3 is 44.5 Å². The third-order valence-electron chi connectivity index (χ3n) is 20.6. The number of aromatic nitrogens is 4. The third-order valence-corrected chi connectivity index (χ3v) is 20.6. The molecule has 4 aromatic carbocycles. The lowest BCUT2D eigenvalue weighted by Gasteiger charge is -2.18. The van der Waals surface area contributed by atoms with Crippen molar-refractivity contribution in [2.24, 2.45) is 0 Å². The van der Waals surface area contributed by atoms with Crippen LogP contribution in [0.4, 0.5) is 11.4 Å². The quantitative estimate of drug-likeness (QED) is 0.00988. The Morgan fingerprint density at radius 3 is 1.26 bits per heavy atom. The number of nitrogens with zero attached hydrogens (tertiary/aromatic N) is 4. The fraction of sp³-hybridized carbons (Fsp3) is 0.407. The molecule has 4 saturated carbocycles. The second-order valence-electron chi connectivity index (χ2n) is 28.3. The van der Waals surface area contributed by atoms with Crippen molar-refractivity contribution < 1.29 is 67.5 Å². The lowest BCUT2D eigenvalue weighted by atomic mass is 9.90. The molecule has 13 rings (SSSR count). The highest BCUT2D eigenvalue weighted by atomic mass is 16.7. The number of rotatable bonds is 32. The van der Waals surface area contributed by atoms with Crippen LogP contribution in [0.2, 0.25) is 0 Å². The Balaban J connectivity index is 0.000000202. The molecule has 22 heteroatoms. The van der Waals surface area contributed by atoms with Crippen molar-refractivity contribution in [3.8, 4) is 22.3 Å². The summed E-state index contributed by atoms with van der Waals surface area (Å²) >= 11 is 0. The first-order valence-electron chi connectivity index (χ1n) is 37.5. The number of nitrogens with one attached hydrogen (secondary N) is 4. The average Bonchev–Trinajstić information content (AvgIpc) is 1.78. The van der Waals surface area contributed by atoms with Crippen LogP contribution in [0.25, 0.3) is 22.3 Å². The molecule has 6 N–H and O–H groups in total. The second-order valence-corrected chi connectivity index (χ2v) is 28.3. The Morgan fingerprint density at radius 1 is 0.491 bits per heavy atom. The number of Topliss-reactive ketones (excluding diaryl/α,β-unsaturated/α-hetero) is 2. The van der Waals surface area contributed by atoms with E-state index in [1.165, 1.54) is 19.0 Å². The molecular weight excluding hydrogens is 1370 g/mol. The molecule has 0 bridgehead atoms. The molecule has 8 aromatic rings. The number of methoxy groups -OCH3 is 2. The average molecular weight is 1470 g/mol. The van der Waals surface area contributed by atoms with Crippen molar-refractivity contribution in [3.05, 3.63) is 223 Å². The Hall–Kier alpha value is -9.91. The molecule has 5 aliphatic rings. The van der Waals surface area contributed by atoms with Crippen LogP contribution in [0.1, 0.15) is 233 Å². The molecule has 108 heavy (non-hydrogen) atoms. The summed E-state index contributed by atoms with van der Waals surface area (Å²) < 4.78 is 26.0.